The molecule has 1 amide bonds. The predicted octanol–water partition coefficient (Wildman–Crippen LogP) is 2.56. The highest BCUT2D eigenvalue weighted by atomic mass is 32.2. The summed E-state index contributed by atoms with van der Waals surface area (Å²) in [7, 11) is -0.675. The van der Waals surface area contributed by atoms with Crippen molar-refractivity contribution in [3.63, 3.8) is 0 Å². The quantitative estimate of drug-likeness (QED) is 0.594. The van der Waals surface area contributed by atoms with Crippen molar-refractivity contribution in [1.29, 1.82) is 0 Å². The van der Waals surface area contributed by atoms with Gasteiger partial charge in [-0.3, -0.25) is 10.1 Å². The second kappa shape index (κ2) is 10.5. The largest absolute Gasteiger partial charge is 0.383 e. The number of fused-ring (bicyclic) bond motifs is 1. The molecule has 8 nitrogen and oxygen atoms in total. The van der Waals surface area contributed by atoms with Gasteiger partial charge in [0.1, 0.15) is 0 Å². The van der Waals surface area contributed by atoms with Crippen molar-refractivity contribution in [3.05, 3.63) is 40.4 Å². The van der Waals surface area contributed by atoms with Crippen LogP contribution in [0.5, 0.6) is 0 Å². The van der Waals surface area contributed by atoms with E-state index in [0.29, 0.717) is 10.7 Å². The van der Waals surface area contributed by atoms with E-state index in [1.165, 1.54) is 59.0 Å². The number of methoxy groups -OCH3 is 2. The first-order chi connectivity index (χ1) is 14.5. The first-order valence-electron chi connectivity index (χ1n) is 9.83. The number of carbonyl (C=O) groups is 1. The van der Waals surface area contributed by atoms with Crippen molar-refractivity contribution in [2.24, 2.45) is 0 Å². The lowest BCUT2D eigenvalue weighted by molar-refractivity contribution is 0.102. The molecule has 0 saturated heterocycles. The molecule has 0 atom stereocenters. The highest BCUT2D eigenvalue weighted by molar-refractivity contribution is 7.89. The average Bonchev–Trinajstić information content (AvgIpc) is 3.16. The van der Waals surface area contributed by atoms with Crippen molar-refractivity contribution < 1.29 is 22.7 Å². The van der Waals surface area contributed by atoms with E-state index in [1.54, 1.807) is 0 Å². The molecule has 0 spiro atoms. The van der Waals surface area contributed by atoms with Crippen LogP contribution >= 0.6 is 11.3 Å². The van der Waals surface area contributed by atoms with Crippen LogP contribution in [0.1, 0.15) is 33.8 Å². The van der Waals surface area contributed by atoms with Gasteiger partial charge in [-0.05, 0) is 49.9 Å². The maximum absolute atomic E-state index is 12.9. The molecule has 0 radical (unpaired) electrons. The van der Waals surface area contributed by atoms with Crippen LogP contribution in [0.4, 0.5) is 5.13 Å². The number of nitrogens with one attached hydrogen (secondary N) is 1. The number of rotatable bonds is 10. The van der Waals surface area contributed by atoms with Crippen LogP contribution in [0.25, 0.3) is 0 Å². The van der Waals surface area contributed by atoms with Crippen LogP contribution in [0, 0.1) is 0 Å². The minimum Gasteiger partial charge on any atom is -0.383 e. The van der Waals surface area contributed by atoms with Crippen LogP contribution in [-0.4, -0.2) is 64.1 Å². The van der Waals surface area contributed by atoms with E-state index in [1.807, 2.05) is 0 Å². The molecule has 1 aromatic heterocycles. The van der Waals surface area contributed by atoms with E-state index >= 15 is 0 Å². The molecule has 0 fully saturated rings. The topological polar surface area (TPSA) is 97.8 Å². The SMILES string of the molecule is COCCN(CCOC)S(=O)(=O)c1ccc(C(=O)Nc2nc3c(s2)CCCC3)cc1. The van der Waals surface area contributed by atoms with Gasteiger partial charge in [0.25, 0.3) is 5.91 Å². The number of sulfonamides is 1. The summed E-state index contributed by atoms with van der Waals surface area (Å²) in [5.41, 5.74) is 1.46. The number of nitrogens with zero attached hydrogens (tertiary/aromatic N) is 2. The summed E-state index contributed by atoms with van der Waals surface area (Å²) in [6.07, 6.45) is 4.26. The van der Waals surface area contributed by atoms with Crippen LogP contribution < -0.4 is 5.32 Å². The molecule has 1 aromatic carbocycles. The highest BCUT2D eigenvalue weighted by Gasteiger charge is 2.24. The minimum atomic E-state index is -3.72. The fourth-order valence-corrected chi connectivity index (χ4v) is 5.69. The lowest BCUT2D eigenvalue weighted by Gasteiger charge is -2.21. The van der Waals surface area contributed by atoms with E-state index in [-0.39, 0.29) is 37.1 Å². The standard InChI is InChI=1S/C20H27N3O5S2/c1-27-13-11-23(12-14-28-2)30(25,26)16-9-7-15(8-10-16)19(24)22-20-21-17-5-3-4-6-18(17)29-20/h7-10H,3-6,11-14H2,1-2H3,(H,21,22,24). The van der Waals surface area contributed by atoms with Crippen molar-refractivity contribution in [2.75, 3.05) is 45.8 Å². The first kappa shape index (κ1) is 22.8. The Balaban J connectivity index is 1.70. The number of ether oxygens (including phenoxy) is 2. The zero-order chi connectivity index (χ0) is 21.6. The van der Waals surface area contributed by atoms with Crippen molar-refractivity contribution in [1.82, 2.24) is 9.29 Å². The van der Waals surface area contributed by atoms with Crippen molar-refractivity contribution in [3.8, 4) is 0 Å². The van der Waals surface area contributed by atoms with Crippen LogP contribution in [0.3, 0.4) is 0 Å². The molecular weight excluding hydrogens is 426 g/mol. The maximum atomic E-state index is 12.9. The molecule has 0 saturated carbocycles. The smallest absolute Gasteiger partial charge is 0.257 e. The molecule has 0 unspecified atom stereocenters. The Morgan fingerprint density at radius 2 is 1.73 bits per heavy atom. The normalized spacial score (nSPS) is 14.0. The Labute approximate surface area is 181 Å². The fraction of sp³-hybridized carbons (Fsp3) is 0.500. The lowest BCUT2D eigenvalue weighted by Crippen LogP contribution is -2.36. The van der Waals surface area contributed by atoms with Gasteiger partial charge in [0.15, 0.2) is 5.13 Å². The second-order valence-corrected chi connectivity index (χ2v) is 9.99. The molecule has 3 rings (SSSR count). The third-order valence-corrected chi connectivity index (χ3v) is 7.90. The molecule has 1 aliphatic rings. The summed E-state index contributed by atoms with van der Waals surface area (Å²) >= 11 is 1.52. The number of thiazole rings is 1. The van der Waals surface area contributed by atoms with Crippen LogP contribution in [0.15, 0.2) is 29.2 Å². The fourth-order valence-electron chi connectivity index (χ4n) is 3.24. The van der Waals surface area contributed by atoms with E-state index < -0.39 is 10.0 Å². The highest BCUT2D eigenvalue weighted by Crippen LogP contribution is 2.29. The van der Waals surface area contributed by atoms with Gasteiger partial charge in [-0.2, -0.15) is 4.31 Å². The number of aromatic nitrogens is 1. The average molecular weight is 454 g/mol. The molecule has 1 N–H and O–H groups in total. The monoisotopic (exact) mass is 453 g/mol. The van der Waals surface area contributed by atoms with Gasteiger partial charge >= 0.3 is 0 Å². The van der Waals surface area contributed by atoms with Gasteiger partial charge in [0, 0.05) is 37.7 Å². The van der Waals surface area contributed by atoms with Gasteiger partial charge < -0.3 is 9.47 Å². The van der Waals surface area contributed by atoms with Crippen molar-refractivity contribution >= 4 is 32.4 Å². The molecule has 0 aliphatic heterocycles. The minimum absolute atomic E-state index is 0.121. The molecule has 1 heterocycles. The number of aryl methyl sites for hydroxylation is 2. The number of hydrogen-bond donors (Lipinski definition) is 1. The van der Waals surface area contributed by atoms with Gasteiger partial charge in [0.05, 0.1) is 23.8 Å². The molecule has 164 valence electrons. The number of amides is 1. The zero-order valence-electron chi connectivity index (χ0n) is 17.2. The molecule has 0 bridgehead atoms. The second-order valence-electron chi connectivity index (χ2n) is 6.96. The number of hydrogen-bond acceptors (Lipinski definition) is 7. The summed E-state index contributed by atoms with van der Waals surface area (Å²) in [6.45, 7) is 1.00. The molecule has 30 heavy (non-hydrogen) atoms. The number of carbonyl (C=O) groups excluding carboxylic acids is 1. The van der Waals surface area contributed by atoms with Gasteiger partial charge in [-0.15, -0.1) is 11.3 Å². The molecular formula is C20H27N3O5S2. The van der Waals surface area contributed by atoms with Crippen LogP contribution in [0.2, 0.25) is 0 Å². The van der Waals surface area contributed by atoms with Gasteiger partial charge in [-0.25, -0.2) is 13.4 Å². The van der Waals surface area contributed by atoms with E-state index in [4.69, 9.17) is 9.47 Å². The molecule has 10 heteroatoms. The number of benzene rings is 1. The Kier molecular flexibility index (Phi) is 7.95. The first-order valence-corrected chi connectivity index (χ1v) is 12.1. The zero-order valence-corrected chi connectivity index (χ0v) is 18.9. The van der Waals surface area contributed by atoms with Crippen molar-refractivity contribution in [2.45, 2.75) is 30.6 Å². The lowest BCUT2D eigenvalue weighted by atomic mass is 10.0. The third-order valence-electron chi connectivity index (χ3n) is 4.91. The molecule has 1 aliphatic carbocycles. The summed E-state index contributed by atoms with van der Waals surface area (Å²) < 4.78 is 37.2. The third kappa shape index (κ3) is 5.44. The van der Waals surface area contributed by atoms with E-state index in [0.717, 1.165) is 31.4 Å². The Morgan fingerprint density at radius 3 is 2.33 bits per heavy atom. The number of anilines is 1. The van der Waals surface area contributed by atoms with Gasteiger partial charge in [0.2, 0.25) is 10.0 Å². The Morgan fingerprint density at radius 1 is 1.10 bits per heavy atom. The Hall–Kier alpha value is -1.85. The maximum Gasteiger partial charge on any atom is 0.257 e. The summed E-state index contributed by atoms with van der Waals surface area (Å²) in [6, 6.07) is 5.93. The molecule has 2 aromatic rings. The Bertz CT molecular complexity index is 926. The summed E-state index contributed by atoms with van der Waals surface area (Å²) in [5.74, 6) is -0.305. The predicted molar refractivity (Wildman–Crippen MR) is 116 cm³/mol. The summed E-state index contributed by atoms with van der Waals surface area (Å²) in [5, 5.41) is 3.42. The van der Waals surface area contributed by atoms with Crippen LogP contribution in [-0.2, 0) is 32.3 Å². The van der Waals surface area contributed by atoms with E-state index in [2.05, 4.69) is 10.3 Å². The van der Waals surface area contributed by atoms with E-state index in [9.17, 15) is 13.2 Å². The van der Waals surface area contributed by atoms with Gasteiger partial charge in [-0.1, -0.05) is 0 Å². The summed E-state index contributed by atoms with van der Waals surface area (Å²) in [4.78, 5) is 18.4.